The minimum Gasteiger partial charge on any atom is -0.372 e. The van der Waals surface area contributed by atoms with Gasteiger partial charge in [-0.15, -0.1) is 10.2 Å². The molecule has 6 rings (SSSR count). The fourth-order valence-electron chi connectivity index (χ4n) is 6.22. The SMILES string of the molecule is Cn1cnnc1C(c1cccc(N2Cc3c(cc(C[C@]4(C)CNCCO4)cc3C(F)(F)F)C2=O)c1)C1CCC1. The molecule has 1 N–H and O–H groups in total. The number of benzene rings is 2. The lowest BCUT2D eigenvalue weighted by Gasteiger charge is -2.34. The zero-order chi connectivity index (χ0) is 27.4. The van der Waals surface area contributed by atoms with Gasteiger partial charge in [0.1, 0.15) is 12.2 Å². The molecule has 2 aromatic carbocycles. The van der Waals surface area contributed by atoms with E-state index in [0.717, 1.165) is 30.7 Å². The molecule has 0 bridgehead atoms. The second kappa shape index (κ2) is 9.75. The van der Waals surface area contributed by atoms with Crippen LogP contribution in [-0.2, 0) is 30.9 Å². The number of ether oxygens (including phenoxy) is 1. The van der Waals surface area contributed by atoms with Gasteiger partial charge in [0.05, 0.1) is 24.3 Å². The Morgan fingerprint density at radius 1 is 1.23 bits per heavy atom. The van der Waals surface area contributed by atoms with Crippen molar-refractivity contribution in [2.45, 2.75) is 56.8 Å². The summed E-state index contributed by atoms with van der Waals surface area (Å²) in [5.41, 5.74) is 0.774. The van der Waals surface area contributed by atoms with E-state index in [0.29, 0.717) is 36.9 Å². The van der Waals surface area contributed by atoms with E-state index in [2.05, 4.69) is 15.5 Å². The summed E-state index contributed by atoms with van der Waals surface area (Å²) < 4.78 is 50.6. The number of halogens is 3. The van der Waals surface area contributed by atoms with Crippen LogP contribution in [0.3, 0.4) is 0 Å². The van der Waals surface area contributed by atoms with E-state index in [1.54, 1.807) is 18.5 Å². The van der Waals surface area contributed by atoms with Crippen molar-refractivity contribution < 1.29 is 22.7 Å². The van der Waals surface area contributed by atoms with E-state index in [9.17, 15) is 18.0 Å². The Balaban J connectivity index is 1.35. The maximum absolute atomic E-state index is 14.3. The number of rotatable bonds is 6. The molecule has 39 heavy (non-hydrogen) atoms. The smallest absolute Gasteiger partial charge is 0.372 e. The highest BCUT2D eigenvalue weighted by atomic mass is 19.4. The first kappa shape index (κ1) is 26.0. The fraction of sp³-hybridized carbons (Fsp3) is 0.483. The van der Waals surface area contributed by atoms with Gasteiger partial charge in [-0.25, -0.2) is 0 Å². The van der Waals surface area contributed by atoms with Gasteiger partial charge in [0, 0.05) is 43.7 Å². The number of morpholine rings is 1. The van der Waals surface area contributed by atoms with E-state index in [1.807, 2.05) is 36.7 Å². The molecule has 10 heteroatoms. The molecule has 1 saturated heterocycles. The summed E-state index contributed by atoms with van der Waals surface area (Å²) in [7, 11) is 1.91. The van der Waals surface area contributed by atoms with Crippen LogP contribution in [0.5, 0.6) is 0 Å². The van der Waals surface area contributed by atoms with E-state index < -0.39 is 23.2 Å². The predicted molar refractivity (Wildman–Crippen MR) is 140 cm³/mol. The van der Waals surface area contributed by atoms with Gasteiger partial charge in [-0.2, -0.15) is 13.2 Å². The minimum atomic E-state index is -4.58. The Morgan fingerprint density at radius 3 is 2.69 bits per heavy atom. The molecule has 2 atom stereocenters. The van der Waals surface area contributed by atoms with E-state index in [-0.39, 0.29) is 30.0 Å². The third-order valence-corrected chi connectivity index (χ3v) is 8.40. The highest BCUT2D eigenvalue weighted by Crippen LogP contribution is 2.44. The molecule has 7 nitrogen and oxygen atoms in total. The molecule has 0 spiro atoms. The number of hydrogen-bond donors (Lipinski definition) is 1. The Labute approximate surface area is 225 Å². The predicted octanol–water partition coefficient (Wildman–Crippen LogP) is 4.85. The number of fused-ring (bicyclic) bond motifs is 1. The summed E-state index contributed by atoms with van der Waals surface area (Å²) in [6.45, 7) is 3.49. The van der Waals surface area contributed by atoms with Gasteiger partial charge in [0.2, 0.25) is 0 Å². The van der Waals surface area contributed by atoms with E-state index in [4.69, 9.17) is 4.74 Å². The standard InChI is InChI=1S/C29H32F3N5O2/c1-28(16-33-9-10-39-28)14-18-11-22-23(24(12-18)29(30,31)32)15-37(27(22)38)21-8-4-7-20(13-21)25(19-5-3-6-19)26-35-34-17-36(26)2/h4,7-8,11-13,17,19,25,33H,3,5-6,9-10,14-16H2,1-2H3/t25?,28-/m1/s1. The molecule has 1 amide bonds. The number of hydrogen-bond acceptors (Lipinski definition) is 5. The molecule has 1 aromatic heterocycles. The lowest BCUT2D eigenvalue weighted by Crippen LogP contribution is -2.49. The average Bonchev–Trinajstić information content (AvgIpc) is 3.43. The Hall–Kier alpha value is -3.24. The van der Waals surface area contributed by atoms with Crippen LogP contribution in [-0.4, -0.2) is 46.0 Å². The van der Waals surface area contributed by atoms with Crippen LogP contribution in [0.2, 0.25) is 0 Å². The third kappa shape index (κ3) is 4.84. The van der Waals surface area contributed by atoms with Crippen LogP contribution in [0.25, 0.3) is 0 Å². The van der Waals surface area contributed by atoms with Crippen LogP contribution < -0.4 is 10.2 Å². The number of aromatic nitrogens is 3. The maximum atomic E-state index is 14.3. The van der Waals surface area contributed by atoms with Crippen molar-refractivity contribution in [2.75, 3.05) is 24.6 Å². The van der Waals surface area contributed by atoms with Crippen LogP contribution in [0, 0.1) is 5.92 Å². The van der Waals surface area contributed by atoms with Gasteiger partial charge in [0.25, 0.3) is 5.91 Å². The molecule has 3 aromatic rings. The van der Waals surface area contributed by atoms with Crippen molar-refractivity contribution in [1.82, 2.24) is 20.1 Å². The molecular weight excluding hydrogens is 507 g/mol. The molecule has 1 unspecified atom stereocenters. The summed E-state index contributed by atoms with van der Waals surface area (Å²) >= 11 is 0. The first-order valence-electron chi connectivity index (χ1n) is 13.5. The Bertz CT molecular complexity index is 1390. The summed E-state index contributed by atoms with van der Waals surface area (Å²) in [5.74, 6) is 0.853. The number of carbonyl (C=O) groups is 1. The number of nitrogens with one attached hydrogen (secondary N) is 1. The van der Waals surface area contributed by atoms with E-state index in [1.165, 1.54) is 11.0 Å². The molecule has 3 aliphatic rings. The van der Waals surface area contributed by atoms with Crippen LogP contribution in [0.15, 0.2) is 42.7 Å². The first-order valence-corrected chi connectivity index (χ1v) is 13.5. The number of carbonyl (C=O) groups excluding carboxylic acids is 1. The van der Waals surface area contributed by atoms with Crippen molar-refractivity contribution >= 4 is 11.6 Å². The van der Waals surface area contributed by atoms with Crippen molar-refractivity contribution in [3.63, 3.8) is 0 Å². The van der Waals surface area contributed by atoms with Crippen LogP contribution in [0.4, 0.5) is 18.9 Å². The second-order valence-corrected chi connectivity index (χ2v) is 11.3. The lowest BCUT2D eigenvalue weighted by molar-refractivity contribution is -0.138. The van der Waals surface area contributed by atoms with Crippen LogP contribution in [0.1, 0.15) is 70.5 Å². The summed E-state index contributed by atoms with van der Waals surface area (Å²) in [6, 6.07) is 10.4. The minimum absolute atomic E-state index is 0.00784. The van der Waals surface area contributed by atoms with Crippen LogP contribution >= 0.6 is 0 Å². The summed E-state index contributed by atoms with van der Waals surface area (Å²) in [5, 5.41) is 11.7. The van der Waals surface area contributed by atoms with Gasteiger partial charge < -0.3 is 19.5 Å². The lowest BCUT2D eigenvalue weighted by atomic mass is 9.72. The van der Waals surface area contributed by atoms with Gasteiger partial charge in [-0.05, 0) is 66.6 Å². The number of anilines is 1. The first-order chi connectivity index (χ1) is 18.6. The van der Waals surface area contributed by atoms with Gasteiger partial charge in [-0.3, -0.25) is 4.79 Å². The van der Waals surface area contributed by atoms with Gasteiger partial charge in [-0.1, -0.05) is 18.6 Å². The summed E-state index contributed by atoms with van der Waals surface area (Å²) in [6.07, 6.45) is 0.681. The number of nitrogens with zero attached hydrogens (tertiary/aromatic N) is 4. The van der Waals surface area contributed by atoms with Crippen molar-refractivity contribution in [3.8, 4) is 0 Å². The Morgan fingerprint density at radius 2 is 2.05 bits per heavy atom. The molecule has 0 radical (unpaired) electrons. The number of alkyl halides is 3. The molecule has 2 fully saturated rings. The number of amides is 1. The van der Waals surface area contributed by atoms with Crippen molar-refractivity contribution in [1.29, 1.82) is 0 Å². The quantitative estimate of drug-likeness (QED) is 0.485. The molecule has 2 aliphatic heterocycles. The fourth-order valence-corrected chi connectivity index (χ4v) is 6.22. The topological polar surface area (TPSA) is 72.3 Å². The normalized spacial score (nSPS) is 22.6. The third-order valence-electron chi connectivity index (χ3n) is 8.40. The largest absolute Gasteiger partial charge is 0.416 e. The van der Waals surface area contributed by atoms with Crippen molar-refractivity contribution in [3.05, 3.63) is 76.4 Å². The monoisotopic (exact) mass is 539 g/mol. The molecule has 3 heterocycles. The highest BCUT2D eigenvalue weighted by molar-refractivity contribution is 6.10. The zero-order valence-corrected chi connectivity index (χ0v) is 22.1. The van der Waals surface area contributed by atoms with Crippen molar-refractivity contribution in [2.24, 2.45) is 13.0 Å². The molecule has 206 valence electrons. The van der Waals surface area contributed by atoms with Gasteiger partial charge in [0.15, 0.2) is 0 Å². The van der Waals surface area contributed by atoms with Gasteiger partial charge >= 0.3 is 6.18 Å². The molecular formula is C29H32F3N5O2. The maximum Gasteiger partial charge on any atom is 0.416 e. The summed E-state index contributed by atoms with van der Waals surface area (Å²) in [4.78, 5) is 15.1. The average molecular weight is 540 g/mol. The Kier molecular flexibility index (Phi) is 6.50. The zero-order valence-electron chi connectivity index (χ0n) is 22.1. The second-order valence-electron chi connectivity index (χ2n) is 11.3. The molecule has 1 aliphatic carbocycles. The molecule has 1 saturated carbocycles. The highest BCUT2D eigenvalue weighted by Gasteiger charge is 2.42. The number of aryl methyl sites for hydroxylation is 1. The van der Waals surface area contributed by atoms with E-state index >= 15 is 0 Å².